The van der Waals surface area contributed by atoms with Crippen LogP contribution in [0.5, 0.6) is 0 Å². The van der Waals surface area contributed by atoms with Crippen molar-refractivity contribution in [3.8, 4) is 0 Å². The van der Waals surface area contributed by atoms with Crippen molar-refractivity contribution in [2.24, 2.45) is 5.73 Å². The molecule has 0 spiro atoms. The second kappa shape index (κ2) is 7.46. The lowest BCUT2D eigenvalue weighted by atomic mass is 10.1. The average molecular weight is 347 g/mol. The molecule has 0 amide bonds. The van der Waals surface area contributed by atoms with Gasteiger partial charge in [-0.3, -0.25) is 4.57 Å². The normalized spacial score (nSPS) is 11.1. The van der Waals surface area contributed by atoms with Crippen molar-refractivity contribution < 1.29 is 0 Å². The van der Waals surface area contributed by atoms with Gasteiger partial charge in [0.05, 0.1) is 6.20 Å². The molecule has 2 aromatic heterocycles. The van der Waals surface area contributed by atoms with E-state index in [-0.39, 0.29) is 5.69 Å². The van der Waals surface area contributed by atoms with Crippen LogP contribution >= 0.6 is 11.6 Å². The summed E-state index contributed by atoms with van der Waals surface area (Å²) < 4.78 is 1.62. The topological polar surface area (TPSA) is 102 Å². The summed E-state index contributed by atoms with van der Waals surface area (Å²) in [7, 11) is 0. The van der Waals surface area contributed by atoms with Crippen LogP contribution in [0.2, 0.25) is 5.02 Å². The molecule has 0 bridgehead atoms. The number of fused-ring (bicyclic) bond motifs is 1. The molecule has 7 nitrogen and oxygen atoms in total. The maximum absolute atomic E-state index is 12.2. The molecule has 3 rings (SSSR count). The molecule has 2 heterocycles. The van der Waals surface area contributed by atoms with E-state index in [0.29, 0.717) is 48.2 Å². The number of anilines is 1. The van der Waals surface area contributed by atoms with Gasteiger partial charge in [-0.1, -0.05) is 23.7 Å². The minimum Gasteiger partial charge on any atom is -0.354 e. The molecule has 0 atom stereocenters. The van der Waals surface area contributed by atoms with Gasteiger partial charge in [0.25, 0.3) is 0 Å². The Kier molecular flexibility index (Phi) is 5.12. The minimum absolute atomic E-state index is 0.194. The van der Waals surface area contributed by atoms with Crippen LogP contribution < -0.4 is 16.7 Å². The Morgan fingerprint density at radius 3 is 3.04 bits per heavy atom. The van der Waals surface area contributed by atoms with Crippen molar-refractivity contribution in [3.05, 3.63) is 51.5 Å². The van der Waals surface area contributed by atoms with Gasteiger partial charge in [-0.15, -0.1) is 0 Å². The number of nitrogens with zero attached hydrogens (tertiary/aromatic N) is 3. The molecule has 4 N–H and O–H groups in total. The van der Waals surface area contributed by atoms with Gasteiger partial charge < -0.3 is 16.0 Å². The zero-order chi connectivity index (χ0) is 16.9. The summed E-state index contributed by atoms with van der Waals surface area (Å²) in [6.07, 6.45) is 3.13. The molecule has 0 unspecified atom stereocenters. The van der Waals surface area contributed by atoms with Gasteiger partial charge in [0.15, 0.2) is 5.65 Å². The zero-order valence-electron chi connectivity index (χ0n) is 13.1. The number of hydrogen-bond donors (Lipinski definition) is 3. The van der Waals surface area contributed by atoms with Gasteiger partial charge in [-0.2, -0.15) is 4.98 Å². The number of aromatic nitrogens is 4. The van der Waals surface area contributed by atoms with Crippen molar-refractivity contribution in [2.45, 2.75) is 19.4 Å². The molecule has 0 aliphatic heterocycles. The Balaban J connectivity index is 1.82. The Bertz CT molecular complexity index is 888. The van der Waals surface area contributed by atoms with E-state index in [2.05, 4.69) is 20.3 Å². The Morgan fingerprint density at radius 1 is 1.38 bits per heavy atom. The first-order chi connectivity index (χ1) is 11.7. The SMILES string of the molecule is NCCCNc1ncc2[nH]c(=O)n(CCc3cccc(Cl)c3)c2n1. The fraction of sp³-hybridized carbons (Fsp3) is 0.312. The number of halogens is 1. The smallest absolute Gasteiger partial charge is 0.327 e. The number of hydrogen-bond acceptors (Lipinski definition) is 5. The van der Waals surface area contributed by atoms with Gasteiger partial charge in [0, 0.05) is 18.1 Å². The van der Waals surface area contributed by atoms with Crippen LogP contribution in [0.4, 0.5) is 5.95 Å². The van der Waals surface area contributed by atoms with E-state index in [0.717, 1.165) is 12.0 Å². The van der Waals surface area contributed by atoms with E-state index >= 15 is 0 Å². The fourth-order valence-corrected chi connectivity index (χ4v) is 2.69. The lowest BCUT2D eigenvalue weighted by Gasteiger charge is -2.06. The largest absolute Gasteiger partial charge is 0.354 e. The van der Waals surface area contributed by atoms with Crippen LogP contribution in [0.1, 0.15) is 12.0 Å². The van der Waals surface area contributed by atoms with E-state index in [4.69, 9.17) is 17.3 Å². The van der Waals surface area contributed by atoms with Crippen LogP contribution in [0.15, 0.2) is 35.3 Å². The highest BCUT2D eigenvalue weighted by atomic mass is 35.5. The molecule has 24 heavy (non-hydrogen) atoms. The maximum atomic E-state index is 12.2. The van der Waals surface area contributed by atoms with E-state index in [1.165, 1.54) is 0 Å². The summed E-state index contributed by atoms with van der Waals surface area (Å²) in [5.41, 5.74) is 7.56. The highest BCUT2D eigenvalue weighted by molar-refractivity contribution is 6.30. The number of aromatic amines is 1. The summed E-state index contributed by atoms with van der Waals surface area (Å²) in [4.78, 5) is 23.6. The fourth-order valence-electron chi connectivity index (χ4n) is 2.47. The number of nitrogens with one attached hydrogen (secondary N) is 2. The molecule has 0 saturated heterocycles. The summed E-state index contributed by atoms with van der Waals surface area (Å²) in [6.45, 7) is 1.81. The van der Waals surface area contributed by atoms with Crippen LogP contribution in [0, 0.1) is 0 Å². The zero-order valence-corrected chi connectivity index (χ0v) is 13.9. The predicted molar refractivity (Wildman–Crippen MR) is 95.5 cm³/mol. The first kappa shape index (κ1) is 16.5. The quantitative estimate of drug-likeness (QED) is 0.566. The number of benzene rings is 1. The maximum Gasteiger partial charge on any atom is 0.327 e. The second-order valence-corrected chi connectivity index (χ2v) is 5.90. The van der Waals surface area contributed by atoms with Crippen molar-refractivity contribution >= 4 is 28.7 Å². The van der Waals surface area contributed by atoms with E-state index in [9.17, 15) is 4.79 Å². The van der Waals surface area contributed by atoms with Crippen molar-refractivity contribution in [3.63, 3.8) is 0 Å². The van der Waals surface area contributed by atoms with E-state index in [1.54, 1.807) is 10.8 Å². The van der Waals surface area contributed by atoms with Crippen LogP contribution in [-0.2, 0) is 13.0 Å². The standard InChI is InChI=1S/C16H19ClN6O/c17-12-4-1-3-11(9-12)5-8-23-14-13(21-16(23)24)10-20-15(22-14)19-7-2-6-18/h1,3-4,9-10H,2,5-8,18H2,(H,21,24)(H,19,20,22). The summed E-state index contributed by atoms with van der Waals surface area (Å²) >= 11 is 6.00. The number of nitrogens with two attached hydrogens (primary N) is 1. The average Bonchev–Trinajstić information content (AvgIpc) is 2.88. The lowest BCUT2D eigenvalue weighted by molar-refractivity contribution is 0.685. The summed E-state index contributed by atoms with van der Waals surface area (Å²) in [5.74, 6) is 0.492. The number of aryl methyl sites for hydroxylation is 2. The van der Waals surface area contributed by atoms with Gasteiger partial charge in [0.1, 0.15) is 5.52 Å². The van der Waals surface area contributed by atoms with Gasteiger partial charge in [-0.25, -0.2) is 9.78 Å². The predicted octanol–water partition coefficient (Wildman–Crippen LogP) is 1.78. The molecular formula is C16H19ClN6O. The van der Waals surface area contributed by atoms with E-state index in [1.807, 2.05) is 24.3 Å². The molecule has 1 aromatic carbocycles. The Hall–Kier alpha value is -2.38. The lowest BCUT2D eigenvalue weighted by Crippen LogP contribution is -2.18. The van der Waals surface area contributed by atoms with Crippen LogP contribution in [-0.4, -0.2) is 32.6 Å². The van der Waals surface area contributed by atoms with Gasteiger partial charge >= 0.3 is 5.69 Å². The van der Waals surface area contributed by atoms with Crippen molar-refractivity contribution in [2.75, 3.05) is 18.4 Å². The molecule has 126 valence electrons. The second-order valence-electron chi connectivity index (χ2n) is 5.46. The first-order valence-corrected chi connectivity index (χ1v) is 8.19. The third-order valence-electron chi connectivity index (χ3n) is 3.69. The van der Waals surface area contributed by atoms with Crippen molar-refractivity contribution in [1.29, 1.82) is 0 Å². The van der Waals surface area contributed by atoms with Crippen LogP contribution in [0.25, 0.3) is 11.2 Å². The van der Waals surface area contributed by atoms with Gasteiger partial charge in [0.2, 0.25) is 5.95 Å². The van der Waals surface area contributed by atoms with Gasteiger partial charge in [-0.05, 0) is 37.1 Å². The number of rotatable bonds is 7. The van der Waals surface area contributed by atoms with Crippen LogP contribution in [0.3, 0.4) is 0 Å². The molecule has 0 fully saturated rings. The molecule has 0 saturated carbocycles. The Labute approximate surface area is 143 Å². The molecule has 0 aliphatic rings. The summed E-state index contributed by atoms with van der Waals surface area (Å²) in [5, 5.41) is 3.79. The molecule has 0 aliphatic carbocycles. The Morgan fingerprint density at radius 2 is 2.25 bits per heavy atom. The molecular weight excluding hydrogens is 328 g/mol. The third-order valence-corrected chi connectivity index (χ3v) is 3.92. The van der Waals surface area contributed by atoms with Crippen molar-refractivity contribution in [1.82, 2.24) is 19.5 Å². The number of H-pyrrole nitrogens is 1. The highest BCUT2D eigenvalue weighted by Gasteiger charge is 2.10. The minimum atomic E-state index is -0.194. The summed E-state index contributed by atoms with van der Waals surface area (Å²) in [6, 6.07) is 7.61. The monoisotopic (exact) mass is 346 g/mol. The van der Waals surface area contributed by atoms with E-state index < -0.39 is 0 Å². The molecule has 0 radical (unpaired) electrons. The third kappa shape index (κ3) is 3.74. The molecule has 3 aromatic rings. The first-order valence-electron chi connectivity index (χ1n) is 7.81. The highest BCUT2D eigenvalue weighted by Crippen LogP contribution is 2.13. The molecule has 8 heteroatoms. The number of imidazole rings is 1.